The zero-order valence-electron chi connectivity index (χ0n) is 13.6. The second kappa shape index (κ2) is 7.02. The summed E-state index contributed by atoms with van der Waals surface area (Å²) in [4.78, 5) is 0.197. The van der Waals surface area contributed by atoms with E-state index in [9.17, 15) is 8.42 Å². The van der Waals surface area contributed by atoms with Crippen LogP contribution in [0.15, 0.2) is 41.3 Å². The van der Waals surface area contributed by atoms with Crippen molar-refractivity contribution in [1.82, 2.24) is 4.72 Å². The zero-order valence-corrected chi connectivity index (χ0v) is 14.4. The number of benzene rings is 2. The lowest BCUT2D eigenvalue weighted by atomic mass is 10.1. The van der Waals surface area contributed by atoms with Gasteiger partial charge in [0.15, 0.2) is 0 Å². The minimum absolute atomic E-state index is 0.197. The summed E-state index contributed by atoms with van der Waals surface area (Å²) in [6, 6.07) is 10.9. The Hall–Kier alpha value is -2.05. The molecule has 0 aliphatic heterocycles. The van der Waals surface area contributed by atoms with Gasteiger partial charge in [0.05, 0.1) is 7.11 Å². The van der Waals surface area contributed by atoms with E-state index in [0.717, 1.165) is 11.1 Å². The molecule has 0 atom stereocenters. The van der Waals surface area contributed by atoms with Crippen LogP contribution in [0.5, 0.6) is 5.75 Å². The molecule has 0 aliphatic carbocycles. The molecule has 0 heterocycles. The number of methoxy groups -OCH3 is 1. The molecule has 23 heavy (non-hydrogen) atoms. The smallest absolute Gasteiger partial charge is 0.244 e. The first-order chi connectivity index (χ1) is 10.8. The third-order valence-electron chi connectivity index (χ3n) is 3.56. The lowest BCUT2D eigenvalue weighted by Crippen LogP contribution is -2.27. The van der Waals surface area contributed by atoms with Crippen LogP contribution in [-0.4, -0.2) is 22.1 Å². The van der Waals surface area contributed by atoms with Gasteiger partial charge in [-0.05, 0) is 55.2 Å². The first-order valence-corrected chi connectivity index (χ1v) is 8.81. The van der Waals surface area contributed by atoms with Gasteiger partial charge in [0.25, 0.3) is 0 Å². The maximum atomic E-state index is 12.6. The van der Waals surface area contributed by atoms with Crippen molar-refractivity contribution in [1.29, 1.82) is 0 Å². The molecule has 2 aromatic rings. The van der Waals surface area contributed by atoms with Gasteiger partial charge in [-0.15, -0.1) is 0 Å². The van der Waals surface area contributed by atoms with Crippen LogP contribution >= 0.6 is 0 Å². The topological polar surface area (TPSA) is 81.4 Å². The first-order valence-electron chi connectivity index (χ1n) is 7.33. The molecule has 0 unspecified atom stereocenters. The van der Waals surface area contributed by atoms with Gasteiger partial charge in [-0.1, -0.05) is 18.2 Å². The molecular formula is C17H22N2O3S. The van der Waals surface area contributed by atoms with E-state index in [2.05, 4.69) is 4.72 Å². The van der Waals surface area contributed by atoms with Crippen molar-refractivity contribution in [2.24, 2.45) is 0 Å². The number of hydrogen-bond acceptors (Lipinski definition) is 4. The summed E-state index contributed by atoms with van der Waals surface area (Å²) < 4.78 is 33.0. The van der Waals surface area contributed by atoms with Crippen molar-refractivity contribution in [2.45, 2.75) is 25.2 Å². The second-order valence-electron chi connectivity index (χ2n) is 5.50. The van der Waals surface area contributed by atoms with Crippen LogP contribution in [0.1, 0.15) is 16.7 Å². The predicted octanol–water partition coefficient (Wildman–Crippen LogP) is 2.42. The van der Waals surface area contributed by atoms with Crippen LogP contribution in [0.25, 0.3) is 0 Å². The van der Waals surface area contributed by atoms with E-state index in [1.54, 1.807) is 25.1 Å². The number of rotatable bonds is 6. The summed E-state index contributed by atoms with van der Waals surface area (Å²) in [5.41, 5.74) is 8.97. The molecule has 0 saturated carbocycles. The van der Waals surface area contributed by atoms with Crippen molar-refractivity contribution in [3.8, 4) is 5.75 Å². The Kier molecular flexibility index (Phi) is 5.28. The van der Waals surface area contributed by atoms with E-state index in [0.29, 0.717) is 30.0 Å². The molecule has 0 amide bonds. The van der Waals surface area contributed by atoms with E-state index in [1.165, 1.54) is 7.11 Å². The van der Waals surface area contributed by atoms with E-state index in [4.69, 9.17) is 10.5 Å². The van der Waals surface area contributed by atoms with Gasteiger partial charge in [0.2, 0.25) is 10.0 Å². The average Bonchev–Trinajstić information content (AvgIpc) is 2.47. The Morgan fingerprint density at radius 1 is 1.13 bits per heavy atom. The predicted molar refractivity (Wildman–Crippen MR) is 92.2 cm³/mol. The monoisotopic (exact) mass is 334 g/mol. The number of ether oxygens (including phenoxy) is 1. The minimum atomic E-state index is -3.63. The quantitative estimate of drug-likeness (QED) is 0.795. The van der Waals surface area contributed by atoms with Crippen molar-refractivity contribution in [2.75, 3.05) is 19.4 Å². The standard InChI is InChI=1S/C17H22N2O3S/c1-12-10-13(2)17(16(11-12)22-3)23(20,21)19-9-8-14-4-6-15(18)7-5-14/h4-7,10-11,19H,8-9,18H2,1-3H3. The molecule has 0 saturated heterocycles. The van der Waals surface area contributed by atoms with Crippen LogP contribution in [0.3, 0.4) is 0 Å². The molecule has 6 heteroatoms. The lowest BCUT2D eigenvalue weighted by molar-refractivity contribution is 0.401. The molecule has 2 rings (SSSR count). The number of aryl methyl sites for hydroxylation is 2. The fourth-order valence-electron chi connectivity index (χ4n) is 2.50. The molecule has 124 valence electrons. The van der Waals surface area contributed by atoms with Gasteiger partial charge >= 0.3 is 0 Å². The molecule has 0 aliphatic rings. The van der Waals surface area contributed by atoms with Crippen molar-refractivity contribution >= 4 is 15.7 Å². The normalized spacial score (nSPS) is 11.4. The van der Waals surface area contributed by atoms with Crippen LogP contribution in [-0.2, 0) is 16.4 Å². The van der Waals surface area contributed by atoms with Gasteiger partial charge in [-0.25, -0.2) is 13.1 Å². The number of nitrogen functional groups attached to an aromatic ring is 1. The number of hydrogen-bond donors (Lipinski definition) is 2. The van der Waals surface area contributed by atoms with Crippen LogP contribution in [0.2, 0.25) is 0 Å². The average molecular weight is 334 g/mol. The van der Waals surface area contributed by atoms with Crippen molar-refractivity contribution in [3.63, 3.8) is 0 Å². The molecule has 2 aromatic carbocycles. The lowest BCUT2D eigenvalue weighted by Gasteiger charge is -2.14. The summed E-state index contributed by atoms with van der Waals surface area (Å²) in [6.45, 7) is 3.98. The Labute approximate surface area is 137 Å². The number of sulfonamides is 1. The zero-order chi connectivity index (χ0) is 17.0. The van der Waals surface area contributed by atoms with E-state index < -0.39 is 10.0 Å². The third-order valence-corrected chi connectivity index (χ3v) is 5.20. The number of nitrogens with one attached hydrogen (secondary N) is 1. The summed E-state index contributed by atoms with van der Waals surface area (Å²) in [6.07, 6.45) is 0.590. The molecule has 0 aromatic heterocycles. The highest BCUT2D eigenvalue weighted by Gasteiger charge is 2.22. The van der Waals surface area contributed by atoms with Crippen LogP contribution in [0.4, 0.5) is 5.69 Å². The highest BCUT2D eigenvalue weighted by Crippen LogP contribution is 2.28. The fourth-order valence-corrected chi connectivity index (χ4v) is 3.90. The number of anilines is 1. The van der Waals surface area contributed by atoms with Gasteiger partial charge < -0.3 is 10.5 Å². The Balaban J connectivity index is 2.14. The fraction of sp³-hybridized carbons (Fsp3) is 0.294. The largest absolute Gasteiger partial charge is 0.495 e. The van der Waals surface area contributed by atoms with Gasteiger partial charge in [-0.2, -0.15) is 0 Å². The molecule has 0 spiro atoms. The van der Waals surface area contributed by atoms with E-state index in [-0.39, 0.29) is 4.90 Å². The molecular weight excluding hydrogens is 312 g/mol. The van der Waals surface area contributed by atoms with Crippen molar-refractivity contribution < 1.29 is 13.2 Å². The molecule has 0 radical (unpaired) electrons. The van der Waals surface area contributed by atoms with Crippen LogP contribution < -0.4 is 15.2 Å². The Morgan fingerprint density at radius 2 is 1.78 bits per heavy atom. The van der Waals surface area contributed by atoms with E-state index >= 15 is 0 Å². The van der Waals surface area contributed by atoms with Gasteiger partial charge in [0.1, 0.15) is 10.6 Å². The van der Waals surface area contributed by atoms with Crippen molar-refractivity contribution in [3.05, 3.63) is 53.1 Å². The van der Waals surface area contributed by atoms with Gasteiger partial charge in [0, 0.05) is 12.2 Å². The highest BCUT2D eigenvalue weighted by molar-refractivity contribution is 7.89. The molecule has 3 N–H and O–H groups in total. The summed E-state index contributed by atoms with van der Waals surface area (Å²) >= 11 is 0. The second-order valence-corrected chi connectivity index (χ2v) is 7.21. The number of nitrogens with two attached hydrogens (primary N) is 1. The summed E-state index contributed by atoms with van der Waals surface area (Å²) in [7, 11) is -2.15. The maximum absolute atomic E-state index is 12.6. The summed E-state index contributed by atoms with van der Waals surface area (Å²) in [5.74, 6) is 0.363. The molecule has 0 bridgehead atoms. The van der Waals surface area contributed by atoms with Gasteiger partial charge in [-0.3, -0.25) is 0 Å². The van der Waals surface area contributed by atoms with Crippen LogP contribution in [0, 0.1) is 13.8 Å². The molecule has 5 nitrogen and oxygen atoms in total. The Bertz CT molecular complexity index is 784. The maximum Gasteiger partial charge on any atom is 0.244 e. The minimum Gasteiger partial charge on any atom is -0.495 e. The molecule has 0 fully saturated rings. The Morgan fingerprint density at radius 3 is 2.39 bits per heavy atom. The first kappa shape index (κ1) is 17.3. The SMILES string of the molecule is COc1cc(C)cc(C)c1S(=O)(=O)NCCc1ccc(N)cc1. The third kappa shape index (κ3) is 4.24. The summed E-state index contributed by atoms with van der Waals surface area (Å²) in [5, 5.41) is 0. The van der Waals surface area contributed by atoms with E-state index in [1.807, 2.05) is 25.1 Å². The highest BCUT2D eigenvalue weighted by atomic mass is 32.2.